The zero-order valence-corrected chi connectivity index (χ0v) is 15.9. The van der Waals surface area contributed by atoms with Gasteiger partial charge in [-0.15, -0.1) is 0 Å². The number of ether oxygens (including phenoxy) is 1. The second-order valence-corrected chi connectivity index (χ2v) is 6.27. The molecule has 1 aromatic carbocycles. The van der Waals surface area contributed by atoms with Gasteiger partial charge < -0.3 is 25.6 Å². The summed E-state index contributed by atoms with van der Waals surface area (Å²) in [4.78, 5) is 6.55. The molecular weight excluding hydrogens is 344 g/mol. The van der Waals surface area contributed by atoms with Gasteiger partial charge in [-0.3, -0.25) is 5.41 Å². The van der Waals surface area contributed by atoms with E-state index in [2.05, 4.69) is 4.99 Å². The minimum atomic E-state index is 0.0156. The van der Waals surface area contributed by atoms with E-state index in [0.29, 0.717) is 36.9 Å². The first kappa shape index (κ1) is 20.7. The van der Waals surface area contributed by atoms with E-state index in [1.807, 2.05) is 36.9 Å². The molecule has 0 amide bonds. The number of nitrogens with one attached hydrogen (secondary N) is 1. The van der Waals surface area contributed by atoms with Crippen LogP contribution in [-0.2, 0) is 4.74 Å². The quantitative estimate of drug-likeness (QED) is 0.495. The molecule has 0 saturated heterocycles. The van der Waals surface area contributed by atoms with Crippen molar-refractivity contribution in [3.05, 3.63) is 47.4 Å². The molecule has 1 aromatic rings. The van der Waals surface area contributed by atoms with Crippen LogP contribution in [0.3, 0.4) is 0 Å². The molecule has 0 aliphatic heterocycles. The van der Waals surface area contributed by atoms with Crippen LogP contribution in [0.25, 0.3) is 0 Å². The van der Waals surface area contributed by atoms with Crippen molar-refractivity contribution in [2.24, 2.45) is 10.7 Å². The van der Waals surface area contributed by atoms with Crippen molar-refractivity contribution in [1.82, 2.24) is 0 Å². The lowest BCUT2D eigenvalue weighted by molar-refractivity contribution is 0.231. The summed E-state index contributed by atoms with van der Waals surface area (Å²) in [5.41, 5.74) is 9.90. The molecule has 2 rings (SSSR count). The van der Waals surface area contributed by atoms with E-state index < -0.39 is 0 Å². The number of rotatable bonds is 9. The molecule has 0 fully saturated rings. The molecule has 0 aromatic heterocycles. The van der Waals surface area contributed by atoms with Crippen molar-refractivity contribution >= 4 is 22.8 Å². The fourth-order valence-electron chi connectivity index (χ4n) is 2.72. The van der Waals surface area contributed by atoms with Crippen molar-refractivity contribution in [3.8, 4) is 0 Å². The van der Waals surface area contributed by atoms with Crippen LogP contribution in [0.4, 0.5) is 11.4 Å². The molecule has 0 atom stereocenters. The smallest absolute Gasteiger partial charge is 0.146 e. The molecule has 0 radical (unpaired) electrons. The summed E-state index contributed by atoms with van der Waals surface area (Å²) in [6.45, 7) is 5.42. The maximum absolute atomic E-state index is 9.20. The van der Waals surface area contributed by atoms with Gasteiger partial charge in [0, 0.05) is 24.9 Å². The summed E-state index contributed by atoms with van der Waals surface area (Å²) in [6, 6.07) is 5.75. The molecule has 0 bridgehead atoms. The number of nitrogens with two attached hydrogens (primary N) is 1. The lowest BCUT2D eigenvalue weighted by Gasteiger charge is -2.23. The van der Waals surface area contributed by atoms with E-state index in [0.717, 1.165) is 23.4 Å². The fourth-order valence-corrected chi connectivity index (χ4v) is 2.72. The van der Waals surface area contributed by atoms with E-state index in [1.165, 1.54) is 0 Å². The SMILES string of the molecule is CCCOC1=CC(=Nc2ccc(N(CCO)CCO)cc2C)C(N)=CC1=N. The maximum Gasteiger partial charge on any atom is 0.146 e. The molecule has 0 saturated carbocycles. The summed E-state index contributed by atoms with van der Waals surface area (Å²) >= 11 is 0. The number of aliphatic hydroxyl groups excluding tert-OH is 2. The first-order chi connectivity index (χ1) is 13.0. The van der Waals surface area contributed by atoms with Gasteiger partial charge >= 0.3 is 0 Å². The average Bonchev–Trinajstić information content (AvgIpc) is 2.64. The van der Waals surface area contributed by atoms with Crippen LogP contribution in [0.15, 0.2) is 46.8 Å². The Hall–Kier alpha value is -2.64. The van der Waals surface area contributed by atoms with Crippen molar-refractivity contribution < 1.29 is 14.9 Å². The summed E-state index contributed by atoms with van der Waals surface area (Å²) in [6.07, 6.45) is 4.11. The highest BCUT2D eigenvalue weighted by atomic mass is 16.5. The van der Waals surface area contributed by atoms with Gasteiger partial charge in [-0.2, -0.15) is 0 Å². The van der Waals surface area contributed by atoms with E-state index in [4.69, 9.17) is 15.9 Å². The fraction of sp³-hybridized carbons (Fsp3) is 0.400. The van der Waals surface area contributed by atoms with Gasteiger partial charge in [0.15, 0.2) is 0 Å². The van der Waals surface area contributed by atoms with E-state index in [9.17, 15) is 10.2 Å². The van der Waals surface area contributed by atoms with Crippen LogP contribution in [0.2, 0.25) is 0 Å². The van der Waals surface area contributed by atoms with Crippen molar-refractivity contribution in [3.63, 3.8) is 0 Å². The zero-order valence-electron chi connectivity index (χ0n) is 15.9. The Morgan fingerprint density at radius 2 is 1.89 bits per heavy atom. The van der Waals surface area contributed by atoms with Gasteiger partial charge in [0.05, 0.1) is 42.6 Å². The Morgan fingerprint density at radius 1 is 1.19 bits per heavy atom. The normalized spacial score (nSPS) is 15.6. The summed E-state index contributed by atoms with van der Waals surface area (Å²) in [7, 11) is 0. The third-order valence-corrected chi connectivity index (χ3v) is 4.12. The Morgan fingerprint density at radius 3 is 2.48 bits per heavy atom. The Kier molecular flexibility index (Phi) is 7.57. The van der Waals surface area contributed by atoms with E-state index >= 15 is 0 Å². The molecule has 1 aliphatic carbocycles. The Balaban J connectivity index is 2.30. The van der Waals surface area contributed by atoms with Gasteiger partial charge in [-0.1, -0.05) is 6.92 Å². The number of benzene rings is 1. The molecule has 27 heavy (non-hydrogen) atoms. The summed E-state index contributed by atoms with van der Waals surface area (Å²) in [5, 5.41) is 26.4. The van der Waals surface area contributed by atoms with Gasteiger partial charge in [0.25, 0.3) is 0 Å². The molecule has 146 valence electrons. The van der Waals surface area contributed by atoms with Crippen LogP contribution < -0.4 is 10.6 Å². The van der Waals surface area contributed by atoms with E-state index in [1.54, 1.807) is 12.2 Å². The predicted octanol–water partition coefficient (Wildman–Crippen LogP) is 2.04. The molecule has 1 aliphatic rings. The summed E-state index contributed by atoms with van der Waals surface area (Å²) < 4.78 is 5.60. The first-order valence-electron chi connectivity index (χ1n) is 9.07. The number of hydrogen-bond acceptors (Lipinski definition) is 7. The molecule has 0 heterocycles. The van der Waals surface area contributed by atoms with Gasteiger partial charge in [-0.25, -0.2) is 4.99 Å². The van der Waals surface area contributed by atoms with Crippen LogP contribution in [0.5, 0.6) is 0 Å². The molecule has 7 nitrogen and oxygen atoms in total. The van der Waals surface area contributed by atoms with Crippen molar-refractivity contribution in [2.45, 2.75) is 20.3 Å². The predicted molar refractivity (Wildman–Crippen MR) is 109 cm³/mol. The highest BCUT2D eigenvalue weighted by molar-refractivity contribution is 6.22. The average molecular weight is 372 g/mol. The van der Waals surface area contributed by atoms with Crippen LogP contribution in [-0.4, -0.2) is 54.5 Å². The number of aliphatic imine (C=N–C) groups is 1. The number of anilines is 1. The molecule has 7 heteroatoms. The van der Waals surface area contributed by atoms with Crippen molar-refractivity contribution in [2.75, 3.05) is 37.8 Å². The van der Waals surface area contributed by atoms with Crippen LogP contribution in [0.1, 0.15) is 18.9 Å². The van der Waals surface area contributed by atoms with Gasteiger partial charge in [0.2, 0.25) is 0 Å². The van der Waals surface area contributed by atoms with E-state index in [-0.39, 0.29) is 18.9 Å². The first-order valence-corrected chi connectivity index (χ1v) is 9.07. The number of nitrogens with zero attached hydrogens (tertiary/aromatic N) is 2. The second-order valence-electron chi connectivity index (χ2n) is 6.27. The lowest BCUT2D eigenvalue weighted by atomic mass is 10.1. The summed E-state index contributed by atoms with van der Waals surface area (Å²) in [5.74, 6) is 0.469. The number of hydrogen-bond donors (Lipinski definition) is 4. The third kappa shape index (κ3) is 5.42. The third-order valence-electron chi connectivity index (χ3n) is 4.12. The van der Waals surface area contributed by atoms with Gasteiger partial charge in [-0.05, 0) is 43.2 Å². The van der Waals surface area contributed by atoms with Gasteiger partial charge in [0.1, 0.15) is 5.76 Å². The monoisotopic (exact) mass is 372 g/mol. The number of aryl methyl sites for hydroxylation is 1. The van der Waals surface area contributed by atoms with Crippen molar-refractivity contribution in [1.29, 1.82) is 5.41 Å². The highest BCUT2D eigenvalue weighted by Crippen LogP contribution is 2.26. The lowest BCUT2D eigenvalue weighted by Crippen LogP contribution is -2.29. The maximum atomic E-state index is 9.20. The Bertz CT molecular complexity index is 762. The van der Waals surface area contributed by atoms with Crippen LogP contribution in [0, 0.1) is 12.3 Å². The standard InChI is InChI=1S/C20H28N4O3/c1-3-10-27-20-13-19(16(21)12-17(20)22)23-18-5-4-15(11-14(18)2)24(6-8-25)7-9-26/h4-5,11-13,22,25-26H,3,6-10,21H2,1-2H3. The molecular formula is C20H28N4O3. The topological polar surface area (TPSA) is 115 Å². The Labute approximate surface area is 160 Å². The largest absolute Gasteiger partial charge is 0.491 e. The highest BCUT2D eigenvalue weighted by Gasteiger charge is 2.16. The minimum Gasteiger partial charge on any atom is -0.491 e. The second kappa shape index (κ2) is 9.89. The number of allylic oxidation sites excluding steroid dienone is 2. The molecule has 0 spiro atoms. The zero-order chi connectivity index (χ0) is 19.8. The van der Waals surface area contributed by atoms with Crippen LogP contribution >= 0.6 is 0 Å². The minimum absolute atomic E-state index is 0.0156. The molecule has 0 unspecified atom stereocenters. The number of aliphatic hydroxyl groups is 2. The molecule has 5 N–H and O–H groups in total.